The van der Waals surface area contributed by atoms with Crippen LogP contribution in [-0.2, 0) is 19.1 Å². The topological polar surface area (TPSA) is 90.4 Å². The fraction of sp³-hybridized carbons (Fsp3) is 0.750. The van der Waals surface area contributed by atoms with Crippen molar-refractivity contribution in [3.63, 3.8) is 0 Å². The molecule has 2 unspecified atom stereocenters. The van der Waals surface area contributed by atoms with Gasteiger partial charge in [-0.15, -0.1) is 13.2 Å². The Morgan fingerprint density at radius 2 is 1.72 bits per heavy atom. The van der Waals surface area contributed by atoms with Crippen LogP contribution in [-0.4, -0.2) is 94.1 Å². The van der Waals surface area contributed by atoms with Crippen molar-refractivity contribution in [1.82, 2.24) is 14.7 Å². The number of aliphatic hydroxyl groups excluding tert-OH is 1. The molecular formula is C28H45N3O5. The number of hydrogen-bond donors (Lipinski definition) is 1. The Morgan fingerprint density at radius 1 is 1.06 bits per heavy atom. The van der Waals surface area contributed by atoms with E-state index in [-0.39, 0.29) is 30.9 Å². The first-order valence-electron chi connectivity index (χ1n) is 13.7. The maximum Gasteiger partial charge on any atom is 0.248 e. The number of β-amino-alcohol motifs (C(OH)–C–C–N with tert-alkyl or cyclic N) is 1. The van der Waals surface area contributed by atoms with E-state index in [2.05, 4.69) is 20.1 Å². The van der Waals surface area contributed by atoms with E-state index in [1.54, 1.807) is 22.0 Å². The van der Waals surface area contributed by atoms with Crippen LogP contribution in [0.1, 0.15) is 65.7 Å². The molecule has 3 heterocycles. The predicted octanol–water partition coefficient (Wildman–Crippen LogP) is 2.76. The molecule has 0 aromatic rings. The Labute approximate surface area is 216 Å². The lowest BCUT2D eigenvalue weighted by Gasteiger charge is -2.37. The van der Waals surface area contributed by atoms with E-state index in [0.717, 1.165) is 25.7 Å². The molecule has 3 aliphatic heterocycles. The average Bonchev–Trinajstić information content (AvgIpc) is 3.47. The van der Waals surface area contributed by atoms with Crippen LogP contribution in [0.4, 0.5) is 0 Å². The van der Waals surface area contributed by atoms with Crippen molar-refractivity contribution in [3.05, 3.63) is 25.3 Å². The highest BCUT2D eigenvalue weighted by atomic mass is 16.5. The SMILES string of the molecule is C=CCN(CCCCC)C(=O)C1N(CCO)C(=O)[C@@H]2[C@@H](C(=O)N(CC=C)CCC)[C@@]3(CC)CCC12O3. The van der Waals surface area contributed by atoms with Gasteiger partial charge in [-0.25, -0.2) is 0 Å². The van der Waals surface area contributed by atoms with Crippen molar-refractivity contribution in [1.29, 1.82) is 0 Å². The van der Waals surface area contributed by atoms with Gasteiger partial charge in [0.15, 0.2) is 0 Å². The lowest BCUT2D eigenvalue weighted by atomic mass is 9.64. The van der Waals surface area contributed by atoms with E-state index >= 15 is 0 Å². The Morgan fingerprint density at radius 3 is 2.28 bits per heavy atom. The Kier molecular flexibility index (Phi) is 9.39. The molecule has 36 heavy (non-hydrogen) atoms. The van der Waals surface area contributed by atoms with Crippen LogP contribution in [0.3, 0.4) is 0 Å². The minimum absolute atomic E-state index is 0.0408. The Bertz CT molecular complexity index is 847. The molecule has 0 aromatic carbocycles. The molecule has 0 aromatic heterocycles. The van der Waals surface area contributed by atoms with Crippen LogP contribution in [0.25, 0.3) is 0 Å². The summed E-state index contributed by atoms with van der Waals surface area (Å²) < 4.78 is 6.80. The molecule has 0 aliphatic carbocycles. The summed E-state index contributed by atoms with van der Waals surface area (Å²) in [5.41, 5.74) is -1.82. The molecule has 3 fully saturated rings. The largest absolute Gasteiger partial charge is 0.395 e. The van der Waals surface area contributed by atoms with Gasteiger partial charge in [0.2, 0.25) is 17.7 Å². The average molecular weight is 504 g/mol. The van der Waals surface area contributed by atoms with Crippen LogP contribution in [0.2, 0.25) is 0 Å². The van der Waals surface area contributed by atoms with Gasteiger partial charge in [0.1, 0.15) is 11.6 Å². The molecule has 2 bridgehead atoms. The Balaban J connectivity index is 2.05. The van der Waals surface area contributed by atoms with Crippen LogP contribution in [0, 0.1) is 11.8 Å². The molecule has 8 nitrogen and oxygen atoms in total. The number of carbonyl (C=O) groups is 3. The fourth-order valence-electron chi connectivity index (χ4n) is 6.81. The summed E-state index contributed by atoms with van der Waals surface area (Å²) in [6.07, 6.45) is 8.88. The molecule has 5 atom stereocenters. The standard InChI is InChI=1S/C28H45N3O5/c1-6-11-12-18-30(17-9-4)26(35)23-28-14-13-27(10-5,36-28)21(22(28)25(34)31(23)19-20-32)24(33)29(15-7-2)16-8-3/h7,9,21-23,32H,2,4,6,8,10-20H2,1,3,5H3/t21-,22-,23?,27+,28?/m0/s1. The number of ether oxygens (including phenoxy) is 1. The van der Waals surface area contributed by atoms with Crippen molar-refractivity contribution in [2.75, 3.05) is 39.3 Å². The van der Waals surface area contributed by atoms with Crippen LogP contribution < -0.4 is 0 Å². The van der Waals surface area contributed by atoms with Crippen molar-refractivity contribution in [2.24, 2.45) is 11.8 Å². The summed E-state index contributed by atoms with van der Waals surface area (Å²) in [4.78, 5) is 47.1. The molecular weight excluding hydrogens is 458 g/mol. The minimum Gasteiger partial charge on any atom is -0.395 e. The minimum atomic E-state index is -1.06. The lowest BCUT2D eigenvalue weighted by molar-refractivity contribution is -0.155. The number of likely N-dealkylation sites (tertiary alicyclic amines) is 1. The van der Waals surface area contributed by atoms with E-state index in [9.17, 15) is 19.5 Å². The zero-order chi connectivity index (χ0) is 26.5. The van der Waals surface area contributed by atoms with Gasteiger partial charge < -0.3 is 24.5 Å². The maximum atomic E-state index is 14.1. The molecule has 202 valence electrons. The summed E-state index contributed by atoms with van der Waals surface area (Å²) in [6.45, 7) is 15.5. The molecule has 8 heteroatoms. The quantitative estimate of drug-likeness (QED) is 0.274. The summed E-state index contributed by atoms with van der Waals surface area (Å²) in [6, 6.07) is -0.853. The van der Waals surface area contributed by atoms with Gasteiger partial charge in [0.05, 0.1) is 24.0 Å². The highest BCUT2D eigenvalue weighted by molar-refractivity contribution is 5.99. The smallest absolute Gasteiger partial charge is 0.248 e. The van der Waals surface area contributed by atoms with Crippen molar-refractivity contribution < 1.29 is 24.2 Å². The summed E-state index contributed by atoms with van der Waals surface area (Å²) in [5.74, 6) is -1.90. The van der Waals surface area contributed by atoms with Crippen molar-refractivity contribution in [3.8, 4) is 0 Å². The first-order chi connectivity index (χ1) is 17.3. The third-order valence-electron chi connectivity index (χ3n) is 8.37. The van der Waals surface area contributed by atoms with E-state index in [0.29, 0.717) is 45.4 Å². The summed E-state index contributed by atoms with van der Waals surface area (Å²) >= 11 is 0. The van der Waals surface area contributed by atoms with Crippen LogP contribution in [0.15, 0.2) is 25.3 Å². The summed E-state index contributed by atoms with van der Waals surface area (Å²) in [5, 5.41) is 9.83. The van der Waals surface area contributed by atoms with Gasteiger partial charge in [-0.3, -0.25) is 14.4 Å². The molecule has 1 spiro atoms. The molecule has 3 amide bonds. The maximum absolute atomic E-state index is 14.1. The second kappa shape index (κ2) is 11.9. The number of nitrogens with zero attached hydrogens (tertiary/aromatic N) is 3. The zero-order valence-electron chi connectivity index (χ0n) is 22.4. The van der Waals surface area contributed by atoms with Gasteiger partial charge in [0.25, 0.3) is 0 Å². The first kappa shape index (κ1) is 28.4. The van der Waals surface area contributed by atoms with E-state index in [4.69, 9.17) is 4.74 Å². The van der Waals surface area contributed by atoms with E-state index in [1.807, 2.05) is 13.8 Å². The van der Waals surface area contributed by atoms with Crippen molar-refractivity contribution >= 4 is 17.7 Å². The zero-order valence-corrected chi connectivity index (χ0v) is 22.4. The number of rotatable bonds is 15. The number of amides is 3. The molecule has 3 rings (SSSR count). The third kappa shape index (κ3) is 4.62. The Hall–Kier alpha value is -2.19. The fourth-order valence-corrected chi connectivity index (χ4v) is 6.81. The van der Waals surface area contributed by atoms with Gasteiger partial charge in [-0.1, -0.05) is 45.8 Å². The molecule has 3 aliphatic rings. The van der Waals surface area contributed by atoms with E-state index in [1.165, 1.54) is 4.90 Å². The molecule has 0 radical (unpaired) electrons. The normalized spacial score (nSPS) is 30.4. The van der Waals surface area contributed by atoms with Gasteiger partial charge in [-0.05, 0) is 32.1 Å². The number of fused-ring (bicyclic) bond motifs is 1. The van der Waals surface area contributed by atoms with Gasteiger partial charge in [0, 0.05) is 32.7 Å². The number of hydrogen-bond acceptors (Lipinski definition) is 5. The second-order valence-electron chi connectivity index (χ2n) is 10.4. The monoisotopic (exact) mass is 503 g/mol. The van der Waals surface area contributed by atoms with Gasteiger partial charge in [-0.2, -0.15) is 0 Å². The number of aliphatic hydroxyl groups is 1. The van der Waals surface area contributed by atoms with Crippen molar-refractivity contribution in [2.45, 2.75) is 83.0 Å². The third-order valence-corrected chi connectivity index (χ3v) is 8.37. The molecule has 3 saturated heterocycles. The highest BCUT2D eigenvalue weighted by Gasteiger charge is 2.78. The number of unbranched alkanes of at least 4 members (excludes halogenated alkanes) is 2. The molecule has 1 N–H and O–H groups in total. The highest BCUT2D eigenvalue weighted by Crippen LogP contribution is 2.64. The predicted molar refractivity (Wildman–Crippen MR) is 139 cm³/mol. The summed E-state index contributed by atoms with van der Waals surface area (Å²) in [7, 11) is 0. The first-order valence-corrected chi connectivity index (χ1v) is 13.7. The second-order valence-corrected chi connectivity index (χ2v) is 10.4. The lowest BCUT2D eigenvalue weighted by Crippen LogP contribution is -2.56. The van der Waals surface area contributed by atoms with E-state index < -0.39 is 29.1 Å². The number of carbonyl (C=O) groups excluding carboxylic acids is 3. The van der Waals surface area contributed by atoms with Crippen LogP contribution in [0.5, 0.6) is 0 Å². The molecule has 0 saturated carbocycles. The van der Waals surface area contributed by atoms with Crippen LogP contribution >= 0.6 is 0 Å². The van der Waals surface area contributed by atoms with Gasteiger partial charge >= 0.3 is 0 Å².